The van der Waals surface area contributed by atoms with E-state index in [2.05, 4.69) is 17.1 Å². The van der Waals surface area contributed by atoms with Gasteiger partial charge < -0.3 is 5.11 Å². The number of aliphatic hydroxyl groups is 1. The van der Waals surface area contributed by atoms with Crippen molar-refractivity contribution in [3.63, 3.8) is 0 Å². The average Bonchev–Trinajstić information content (AvgIpc) is 2.76. The third-order valence-corrected chi connectivity index (χ3v) is 6.25. The summed E-state index contributed by atoms with van der Waals surface area (Å²) in [5, 5.41) is 18.6. The number of hydrogen-bond donors (Lipinski definition) is 1. The molecule has 3 nitrogen and oxygen atoms in total. The molecule has 1 aliphatic carbocycles. The highest BCUT2D eigenvalue weighted by Gasteiger charge is 2.29. The highest BCUT2D eigenvalue weighted by Crippen LogP contribution is 2.35. The first kappa shape index (κ1) is 13.6. The Hall–Kier alpha value is 0.220. The summed E-state index contributed by atoms with van der Waals surface area (Å²) in [5.41, 5.74) is -0.466. The van der Waals surface area contributed by atoms with Gasteiger partial charge in [0, 0.05) is 5.75 Å². The molecule has 1 aliphatic rings. The summed E-state index contributed by atoms with van der Waals surface area (Å²) in [5.74, 6) is 1.79. The number of hydrogen-bond acceptors (Lipinski definition) is 6. The molecule has 0 aliphatic heterocycles. The summed E-state index contributed by atoms with van der Waals surface area (Å²) in [4.78, 5) is 0. The van der Waals surface area contributed by atoms with Gasteiger partial charge in [-0.05, 0) is 18.6 Å². The van der Waals surface area contributed by atoms with E-state index in [1.807, 2.05) is 0 Å². The van der Waals surface area contributed by atoms with E-state index in [1.54, 1.807) is 34.9 Å². The van der Waals surface area contributed by atoms with E-state index in [9.17, 15) is 5.11 Å². The van der Waals surface area contributed by atoms with E-state index in [0.29, 0.717) is 0 Å². The maximum Gasteiger partial charge on any atom is 0.175 e. The molecule has 2 rings (SSSR count). The van der Waals surface area contributed by atoms with E-state index in [0.717, 1.165) is 45.9 Å². The van der Waals surface area contributed by atoms with E-state index < -0.39 is 5.60 Å². The van der Waals surface area contributed by atoms with Crippen molar-refractivity contribution in [3.05, 3.63) is 0 Å². The first-order valence-corrected chi connectivity index (χ1v) is 8.82. The van der Waals surface area contributed by atoms with Crippen molar-refractivity contribution in [2.24, 2.45) is 0 Å². The first-order chi connectivity index (χ1) is 8.22. The van der Waals surface area contributed by atoms with Crippen molar-refractivity contribution < 1.29 is 5.11 Å². The van der Waals surface area contributed by atoms with Crippen LogP contribution in [-0.2, 0) is 0 Å². The zero-order valence-corrected chi connectivity index (χ0v) is 12.5. The van der Waals surface area contributed by atoms with Gasteiger partial charge in [0.25, 0.3) is 0 Å². The van der Waals surface area contributed by atoms with Gasteiger partial charge >= 0.3 is 0 Å². The third kappa shape index (κ3) is 4.12. The zero-order chi connectivity index (χ0) is 12.1. The third-order valence-electron chi connectivity index (χ3n) is 2.90. The predicted molar refractivity (Wildman–Crippen MR) is 75.1 cm³/mol. The molecule has 0 bridgehead atoms. The SMILES string of the molecule is CCSc1nnc(SCC2(O)CCCCC2)s1. The minimum atomic E-state index is -0.466. The summed E-state index contributed by atoms with van der Waals surface area (Å²) in [6.45, 7) is 2.11. The second-order valence-electron chi connectivity index (χ2n) is 4.34. The number of rotatable bonds is 5. The van der Waals surface area contributed by atoms with Crippen molar-refractivity contribution >= 4 is 34.9 Å². The molecule has 0 radical (unpaired) electrons. The lowest BCUT2D eigenvalue weighted by Crippen LogP contribution is -2.33. The van der Waals surface area contributed by atoms with E-state index in [1.165, 1.54) is 6.42 Å². The molecule has 0 unspecified atom stereocenters. The van der Waals surface area contributed by atoms with E-state index in [-0.39, 0.29) is 0 Å². The van der Waals surface area contributed by atoms with Gasteiger partial charge in [-0.1, -0.05) is 61.0 Å². The van der Waals surface area contributed by atoms with Crippen LogP contribution in [0.1, 0.15) is 39.0 Å². The summed E-state index contributed by atoms with van der Waals surface area (Å²) in [6.07, 6.45) is 5.46. The van der Waals surface area contributed by atoms with Crippen LogP contribution in [0.3, 0.4) is 0 Å². The Morgan fingerprint density at radius 3 is 2.47 bits per heavy atom. The van der Waals surface area contributed by atoms with Crippen LogP contribution in [0, 0.1) is 0 Å². The smallest absolute Gasteiger partial charge is 0.175 e. The van der Waals surface area contributed by atoms with Gasteiger partial charge in [-0.25, -0.2) is 0 Å². The molecule has 1 fully saturated rings. The maximum absolute atomic E-state index is 10.4. The van der Waals surface area contributed by atoms with Crippen molar-refractivity contribution in [2.75, 3.05) is 11.5 Å². The van der Waals surface area contributed by atoms with Crippen molar-refractivity contribution in [3.8, 4) is 0 Å². The lowest BCUT2D eigenvalue weighted by molar-refractivity contribution is 0.0273. The predicted octanol–water partition coefficient (Wildman–Crippen LogP) is 3.44. The van der Waals surface area contributed by atoms with Gasteiger partial charge in [0.2, 0.25) is 0 Å². The maximum atomic E-state index is 10.4. The van der Waals surface area contributed by atoms with Gasteiger partial charge in [0.1, 0.15) is 0 Å². The van der Waals surface area contributed by atoms with Gasteiger partial charge in [0.15, 0.2) is 8.68 Å². The largest absolute Gasteiger partial charge is 0.389 e. The Morgan fingerprint density at radius 1 is 1.18 bits per heavy atom. The normalized spacial score (nSPS) is 19.4. The van der Waals surface area contributed by atoms with Crippen LogP contribution in [0.25, 0.3) is 0 Å². The van der Waals surface area contributed by atoms with Crippen molar-refractivity contribution in [1.29, 1.82) is 0 Å². The Kier molecular flexibility index (Phi) is 5.14. The number of aromatic nitrogens is 2. The van der Waals surface area contributed by atoms with Crippen LogP contribution in [0.15, 0.2) is 8.68 Å². The lowest BCUT2D eigenvalue weighted by atomic mass is 9.86. The molecule has 0 atom stereocenters. The molecule has 1 aromatic heterocycles. The molecule has 1 heterocycles. The molecule has 0 spiro atoms. The fraction of sp³-hybridized carbons (Fsp3) is 0.818. The highest BCUT2D eigenvalue weighted by molar-refractivity contribution is 8.03. The zero-order valence-electron chi connectivity index (χ0n) is 10.0. The average molecular weight is 290 g/mol. The fourth-order valence-electron chi connectivity index (χ4n) is 1.99. The van der Waals surface area contributed by atoms with Crippen molar-refractivity contribution in [2.45, 2.75) is 53.3 Å². The topological polar surface area (TPSA) is 46.0 Å². The van der Waals surface area contributed by atoms with Gasteiger partial charge in [-0.3, -0.25) is 0 Å². The second-order valence-corrected chi connectivity index (χ2v) is 8.05. The van der Waals surface area contributed by atoms with Crippen LogP contribution in [0.4, 0.5) is 0 Å². The summed E-state index contributed by atoms with van der Waals surface area (Å²) < 4.78 is 2.02. The first-order valence-electron chi connectivity index (χ1n) is 6.03. The van der Waals surface area contributed by atoms with Crippen LogP contribution in [0.2, 0.25) is 0 Å². The minimum absolute atomic E-state index is 0.466. The lowest BCUT2D eigenvalue weighted by Gasteiger charge is -2.31. The van der Waals surface area contributed by atoms with E-state index in [4.69, 9.17) is 0 Å². The molecule has 0 aromatic carbocycles. The van der Waals surface area contributed by atoms with Crippen molar-refractivity contribution in [1.82, 2.24) is 10.2 Å². The second kappa shape index (κ2) is 6.41. The molecule has 17 heavy (non-hydrogen) atoms. The summed E-state index contributed by atoms with van der Waals surface area (Å²) in [6, 6.07) is 0. The molecule has 96 valence electrons. The molecular formula is C11H18N2OS3. The van der Waals surface area contributed by atoms with Gasteiger partial charge in [0.05, 0.1) is 5.60 Å². The van der Waals surface area contributed by atoms with Crippen LogP contribution < -0.4 is 0 Å². The highest BCUT2D eigenvalue weighted by atomic mass is 32.2. The Balaban J connectivity index is 1.83. The fourth-order valence-corrected chi connectivity index (χ4v) is 5.06. The monoisotopic (exact) mass is 290 g/mol. The summed E-state index contributed by atoms with van der Waals surface area (Å²) in [7, 11) is 0. The molecule has 1 aromatic rings. The Labute approximate surface area is 115 Å². The quantitative estimate of drug-likeness (QED) is 0.842. The number of thioether (sulfide) groups is 2. The van der Waals surface area contributed by atoms with Crippen LogP contribution >= 0.6 is 34.9 Å². The Morgan fingerprint density at radius 2 is 1.82 bits per heavy atom. The molecule has 6 heteroatoms. The molecule has 1 N–H and O–H groups in total. The van der Waals surface area contributed by atoms with Gasteiger partial charge in [-0.2, -0.15) is 0 Å². The standard InChI is InChI=1S/C11H18N2OS3/c1-2-15-9-12-13-10(17-9)16-8-11(14)6-4-3-5-7-11/h14H,2-8H2,1H3. The van der Waals surface area contributed by atoms with Crippen LogP contribution in [0.5, 0.6) is 0 Å². The summed E-state index contributed by atoms with van der Waals surface area (Å²) >= 11 is 5.02. The Bertz CT molecular complexity index is 350. The minimum Gasteiger partial charge on any atom is -0.389 e. The van der Waals surface area contributed by atoms with Gasteiger partial charge in [-0.15, -0.1) is 10.2 Å². The molecule has 0 amide bonds. The number of nitrogens with zero attached hydrogens (tertiary/aromatic N) is 2. The van der Waals surface area contributed by atoms with Crippen LogP contribution in [-0.4, -0.2) is 32.4 Å². The molecule has 0 saturated heterocycles. The molecular weight excluding hydrogens is 272 g/mol. The van der Waals surface area contributed by atoms with E-state index >= 15 is 0 Å². The molecule has 1 saturated carbocycles.